The van der Waals surface area contributed by atoms with E-state index >= 15 is 0 Å². The van der Waals surface area contributed by atoms with Crippen molar-refractivity contribution < 1.29 is 18.3 Å². The van der Waals surface area contributed by atoms with Gasteiger partial charge in [0.25, 0.3) is 6.08 Å². The Balaban J connectivity index is 2.20. The molecule has 0 atom stereocenters. The fourth-order valence-corrected chi connectivity index (χ4v) is 2.17. The van der Waals surface area contributed by atoms with E-state index in [0.717, 1.165) is 5.56 Å². The molecule has 0 saturated carbocycles. The minimum atomic E-state index is -1.67. The molecule has 110 valence electrons. The van der Waals surface area contributed by atoms with E-state index < -0.39 is 12.4 Å². The largest absolute Gasteiger partial charge is 0.350 e. The van der Waals surface area contributed by atoms with Crippen LogP contribution in [-0.2, 0) is 14.9 Å². The van der Waals surface area contributed by atoms with Crippen molar-refractivity contribution in [1.82, 2.24) is 0 Å². The molecule has 0 radical (unpaired) electrons. The Morgan fingerprint density at radius 3 is 2.10 bits per heavy atom. The lowest BCUT2D eigenvalue weighted by Gasteiger charge is -2.19. The normalized spacial score (nSPS) is 16.4. The molecule has 4 heteroatoms. The fourth-order valence-electron chi connectivity index (χ4n) is 2.17. The van der Waals surface area contributed by atoms with E-state index in [9.17, 15) is 8.78 Å². The van der Waals surface area contributed by atoms with Gasteiger partial charge >= 0.3 is 0 Å². The minimum absolute atomic E-state index is 0.00245. The molecule has 1 fully saturated rings. The molecule has 0 bridgehead atoms. The Morgan fingerprint density at radius 1 is 1.10 bits per heavy atom. The molecule has 0 aliphatic carbocycles. The SMILES string of the molecule is CC(C)(C)c1ccc(C(CC2OCCO2)=C(F)F)cc1. The van der Waals surface area contributed by atoms with E-state index in [1.807, 2.05) is 12.1 Å². The third kappa shape index (κ3) is 3.64. The average molecular weight is 282 g/mol. The summed E-state index contributed by atoms with van der Waals surface area (Å²) in [6.45, 7) is 7.21. The first-order valence-electron chi connectivity index (χ1n) is 6.76. The molecule has 20 heavy (non-hydrogen) atoms. The predicted molar refractivity (Wildman–Crippen MR) is 74.6 cm³/mol. The van der Waals surface area contributed by atoms with Crippen LogP contribution in [0.2, 0.25) is 0 Å². The van der Waals surface area contributed by atoms with Gasteiger partial charge in [-0.05, 0) is 16.5 Å². The van der Waals surface area contributed by atoms with Gasteiger partial charge in [-0.2, -0.15) is 8.78 Å². The van der Waals surface area contributed by atoms with Gasteiger partial charge in [0.2, 0.25) is 0 Å². The van der Waals surface area contributed by atoms with Crippen LogP contribution in [0, 0.1) is 0 Å². The zero-order chi connectivity index (χ0) is 14.8. The number of halogens is 2. The van der Waals surface area contributed by atoms with E-state index in [1.165, 1.54) is 0 Å². The summed E-state index contributed by atoms with van der Waals surface area (Å²) in [6.07, 6.45) is -2.15. The lowest BCUT2D eigenvalue weighted by Crippen LogP contribution is -2.11. The second-order valence-corrected chi connectivity index (χ2v) is 5.94. The average Bonchev–Trinajstić information content (AvgIpc) is 2.87. The summed E-state index contributed by atoms with van der Waals surface area (Å²) in [5, 5.41) is 0. The van der Waals surface area contributed by atoms with Crippen molar-refractivity contribution in [2.75, 3.05) is 13.2 Å². The van der Waals surface area contributed by atoms with Crippen molar-refractivity contribution in [3.8, 4) is 0 Å². The summed E-state index contributed by atoms with van der Waals surface area (Å²) >= 11 is 0. The summed E-state index contributed by atoms with van der Waals surface area (Å²) in [5.41, 5.74) is 1.65. The van der Waals surface area contributed by atoms with Crippen LogP contribution in [0.5, 0.6) is 0 Å². The number of hydrogen-bond acceptors (Lipinski definition) is 2. The van der Waals surface area contributed by atoms with Gasteiger partial charge in [-0.3, -0.25) is 0 Å². The Hall–Kier alpha value is -1.26. The highest BCUT2D eigenvalue weighted by molar-refractivity contribution is 5.66. The van der Waals surface area contributed by atoms with Gasteiger partial charge in [-0.15, -0.1) is 0 Å². The number of hydrogen-bond donors (Lipinski definition) is 0. The number of benzene rings is 1. The van der Waals surface area contributed by atoms with Gasteiger partial charge in [0.1, 0.15) is 0 Å². The molecule has 1 aromatic rings. The zero-order valence-corrected chi connectivity index (χ0v) is 12.1. The van der Waals surface area contributed by atoms with Crippen LogP contribution >= 0.6 is 0 Å². The predicted octanol–water partition coefficient (Wildman–Crippen LogP) is 4.35. The van der Waals surface area contributed by atoms with Gasteiger partial charge < -0.3 is 9.47 Å². The van der Waals surface area contributed by atoms with Crippen molar-refractivity contribution in [2.45, 2.75) is 38.9 Å². The smallest absolute Gasteiger partial charge is 0.274 e. The van der Waals surface area contributed by atoms with Crippen LogP contribution in [0.1, 0.15) is 38.3 Å². The molecular formula is C16H20F2O2. The molecule has 1 saturated heterocycles. The molecule has 0 aromatic heterocycles. The lowest BCUT2D eigenvalue weighted by molar-refractivity contribution is -0.0367. The van der Waals surface area contributed by atoms with Crippen LogP contribution in [0.3, 0.4) is 0 Å². The maximum atomic E-state index is 13.1. The highest BCUT2D eigenvalue weighted by Crippen LogP contribution is 2.30. The zero-order valence-electron chi connectivity index (χ0n) is 12.1. The number of rotatable bonds is 3. The van der Waals surface area contributed by atoms with Crippen LogP contribution in [0.4, 0.5) is 8.78 Å². The molecule has 1 aliphatic heterocycles. The summed E-state index contributed by atoms with van der Waals surface area (Å²) in [7, 11) is 0. The van der Waals surface area contributed by atoms with Crippen LogP contribution in [0.25, 0.3) is 5.57 Å². The Morgan fingerprint density at radius 2 is 1.65 bits per heavy atom. The molecule has 1 aromatic carbocycles. The molecule has 1 aliphatic rings. The van der Waals surface area contributed by atoms with Crippen LogP contribution in [0.15, 0.2) is 30.3 Å². The molecular weight excluding hydrogens is 262 g/mol. The van der Waals surface area contributed by atoms with Gasteiger partial charge in [0, 0.05) is 12.0 Å². The van der Waals surface area contributed by atoms with Crippen LogP contribution in [-0.4, -0.2) is 19.5 Å². The maximum absolute atomic E-state index is 13.1. The van der Waals surface area contributed by atoms with Crippen molar-refractivity contribution in [2.24, 2.45) is 0 Å². The fraction of sp³-hybridized carbons (Fsp3) is 0.500. The Labute approximate surface area is 118 Å². The molecule has 0 N–H and O–H groups in total. The van der Waals surface area contributed by atoms with Crippen molar-refractivity contribution >= 4 is 5.57 Å². The topological polar surface area (TPSA) is 18.5 Å². The molecule has 0 unspecified atom stereocenters. The summed E-state index contributed by atoms with van der Waals surface area (Å²) in [6, 6.07) is 7.28. The van der Waals surface area contributed by atoms with Crippen molar-refractivity contribution in [3.63, 3.8) is 0 Å². The monoisotopic (exact) mass is 282 g/mol. The van der Waals surface area contributed by atoms with Gasteiger partial charge in [-0.1, -0.05) is 45.0 Å². The molecule has 1 heterocycles. The third-order valence-electron chi connectivity index (χ3n) is 3.39. The second-order valence-electron chi connectivity index (χ2n) is 5.94. The molecule has 2 nitrogen and oxygen atoms in total. The van der Waals surface area contributed by atoms with Crippen LogP contribution < -0.4 is 0 Å². The van der Waals surface area contributed by atoms with E-state index in [4.69, 9.17) is 9.47 Å². The highest BCUT2D eigenvalue weighted by Gasteiger charge is 2.22. The Kier molecular flexibility index (Phi) is 4.55. The standard InChI is InChI=1S/C16H20F2O2/c1-16(2,3)12-6-4-11(5-7-12)13(15(17)18)10-14-19-8-9-20-14/h4-7,14H,8-10H2,1-3H3. The third-order valence-corrected chi connectivity index (χ3v) is 3.39. The quantitative estimate of drug-likeness (QED) is 0.820. The maximum Gasteiger partial charge on any atom is 0.274 e. The van der Waals surface area contributed by atoms with E-state index in [0.29, 0.717) is 18.8 Å². The Bertz CT molecular complexity index is 476. The first-order chi connectivity index (χ1) is 9.38. The van der Waals surface area contributed by atoms with Gasteiger partial charge in [-0.25, -0.2) is 0 Å². The second kappa shape index (κ2) is 6.02. The molecule has 0 spiro atoms. The van der Waals surface area contributed by atoms with Crippen molar-refractivity contribution in [1.29, 1.82) is 0 Å². The summed E-state index contributed by atoms with van der Waals surface area (Å²) in [5.74, 6) is 0. The summed E-state index contributed by atoms with van der Waals surface area (Å²) < 4.78 is 36.8. The summed E-state index contributed by atoms with van der Waals surface area (Å²) in [4.78, 5) is 0. The highest BCUT2D eigenvalue weighted by atomic mass is 19.3. The van der Waals surface area contributed by atoms with E-state index in [2.05, 4.69) is 20.8 Å². The number of ether oxygens (including phenoxy) is 2. The first-order valence-corrected chi connectivity index (χ1v) is 6.76. The van der Waals surface area contributed by atoms with Crippen molar-refractivity contribution in [3.05, 3.63) is 41.5 Å². The van der Waals surface area contributed by atoms with Gasteiger partial charge in [0.15, 0.2) is 6.29 Å². The molecule has 0 amide bonds. The van der Waals surface area contributed by atoms with E-state index in [-0.39, 0.29) is 17.4 Å². The lowest BCUT2D eigenvalue weighted by atomic mass is 9.86. The van der Waals surface area contributed by atoms with Gasteiger partial charge in [0.05, 0.1) is 13.2 Å². The van der Waals surface area contributed by atoms with E-state index in [1.54, 1.807) is 12.1 Å². The molecule has 2 rings (SSSR count). The first kappa shape index (κ1) is 15.1. The minimum Gasteiger partial charge on any atom is -0.350 e.